The number of nitro groups is 1. The minimum Gasteiger partial charge on any atom is -0.508 e. The highest BCUT2D eigenvalue weighted by Gasteiger charge is 2.50. The van der Waals surface area contributed by atoms with Crippen molar-refractivity contribution in [2.45, 2.75) is 25.3 Å². The molecular formula is C27H22N2O4. The summed E-state index contributed by atoms with van der Waals surface area (Å²) in [6, 6.07) is 24.2. The summed E-state index contributed by atoms with van der Waals surface area (Å²) in [6.07, 6.45) is 0. The fraction of sp³-hybridized carbons (Fsp3) is 0.148. The molecule has 0 saturated heterocycles. The van der Waals surface area contributed by atoms with Gasteiger partial charge in [-0.15, -0.1) is 0 Å². The van der Waals surface area contributed by atoms with Gasteiger partial charge < -0.3 is 5.11 Å². The summed E-state index contributed by atoms with van der Waals surface area (Å²) in [5, 5.41) is 24.5. The summed E-state index contributed by atoms with van der Waals surface area (Å²) in [6.45, 7) is 4.06. The lowest BCUT2D eigenvalue weighted by atomic mass is 9.76. The molecule has 0 fully saturated rings. The van der Waals surface area contributed by atoms with Gasteiger partial charge in [-0.3, -0.25) is 19.8 Å². The van der Waals surface area contributed by atoms with Gasteiger partial charge in [0.1, 0.15) is 11.3 Å². The van der Waals surface area contributed by atoms with Gasteiger partial charge in [0.25, 0.3) is 11.6 Å². The van der Waals surface area contributed by atoms with Crippen LogP contribution in [0.15, 0.2) is 84.9 Å². The molecule has 1 amide bonds. The number of aromatic hydroxyl groups is 1. The number of hydrogen-bond acceptors (Lipinski definition) is 4. The number of amides is 1. The molecule has 1 atom stereocenters. The molecule has 0 unspecified atom stereocenters. The summed E-state index contributed by atoms with van der Waals surface area (Å²) in [4.78, 5) is 26.8. The Morgan fingerprint density at radius 1 is 0.939 bits per heavy atom. The predicted molar refractivity (Wildman–Crippen MR) is 128 cm³/mol. The van der Waals surface area contributed by atoms with E-state index in [-0.39, 0.29) is 17.0 Å². The first-order valence-corrected chi connectivity index (χ1v) is 10.7. The van der Waals surface area contributed by atoms with Gasteiger partial charge in [-0.1, -0.05) is 74.5 Å². The van der Waals surface area contributed by atoms with Crippen LogP contribution in [0.3, 0.4) is 0 Å². The number of para-hydroxylation sites is 2. The third-order valence-corrected chi connectivity index (χ3v) is 6.57. The normalized spacial score (nSPS) is 16.5. The Kier molecular flexibility index (Phi) is 4.67. The van der Waals surface area contributed by atoms with Crippen molar-refractivity contribution in [3.05, 3.63) is 112 Å². The highest BCUT2D eigenvalue weighted by Crippen LogP contribution is 2.56. The van der Waals surface area contributed by atoms with Crippen molar-refractivity contribution in [3.8, 4) is 5.75 Å². The summed E-state index contributed by atoms with van der Waals surface area (Å²) in [5.74, 6) is -0.391. The number of anilines is 1. The molecule has 0 aromatic heterocycles. The van der Waals surface area contributed by atoms with E-state index in [4.69, 9.17) is 0 Å². The number of phenolic OH excluding ortho intramolecular Hbond substituents is 1. The van der Waals surface area contributed by atoms with E-state index in [1.165, 1.54) is 12.1 Å². The van der Waals surface area contributed by atoms with Crippen molar-refractivity contribution < 1.29 is 14.8 Å². The Hall–Kier alpha value is -4.19. The topological polar surface area (TPSA) is 83.7 Å². The van der Waals surface area contributed by atoms with Crippen LogP contribution in [0, 0.1) is 10.1 Å². The molecule has 4 aromatic rings. The molecule has 0 spiro atoms. The maximum Gasteiger partial charge on any atom is 0.282 e. The number of nitrogens with zero attached hydrogens (tertiary/aromatic N) is 2. The highest BCUT2D eigenvalue weighted by atomic mass is 16.6. The molecule has 1 N–H and O–H groups in total. The largest absolute Gasteiger partial charge is 0.508 e. The van der Waals surface area contributed by atoms with Crippen LogP contribution in [0.2, 0.25) is 0 Å². The molecule has 164 valence electrons. The first-order chi connectivity index (χ1) is 15.8. The molecule has 6 heteroatoms. The van der Waals surface area contributed by atoms with E-state index in [1.807, 2.05) is 68.4 Å². The fourth-order valence-corrected chi connectivity index (χ4v) is 5.07. The number of nitro benzene ring substituents is 1. The summed E-state index contributed by atoms with van der Waals surface area (Å²) < 4.78 is 0. The number of carbonyl (C=O) groups excluding carboxylic acids is 1. The van der Waals surface area contributed by atoms with Gasteiger partial charge in [-0.05, 0) is 34.5 Å². The molecule has 1 heterocycles. The number of hydrogen-bond donors (Lipinski definition) is 1. The van der Waals surface area contributed by atoms with Gasteiger partial charge in [-0.25, -0.2) is 0 Å². The monoisotopic (exact) mass is 438 g/mol. The van der Waals surface area contributed by atoms with Crippen molar-refractivity contribution in [3.63, 3.8) is 0 Å². The lowest BCUT2D eigenvalue weighted by molar-refractivity contribution is -0.385. The molecule has 0 aliphatic carbocycles. The average Bonchev–Trinajstić information content (AvgIpc) is 3.05. The van der Waals surface area contributed by atoms with E-state index in [0.29, 0.717) is 11.3 Å². The zero-order valence-corrected chi connectivity index (χ0v) is 18.2. The second kappa shape index (κ2) is 7.45. The second-order valence-electron chi connectivity index (χ2n) is 8.81. The number of rotatable bonds is 3. The maximum atomic E-state index is 14.0. The zero-order valence-electron chi connectivity index (χ0n) is 18.2. The molecular weight excluding hydrogens is 416 g/mol. The quantitative estimate of drug-likeness (QED) is 0.308. The van der Waals surface area contributed by atoms with E-state index >= 15 is 0 Å². The van der Waals surface area contributed by atoms with Crippen LogP contribution in [-0.4, -0.2) is 15.9 Å². The molecule has 6 nitrogen and oxygen atoms in total. The lowest BCUT2D eigenvalue weighted by Crippen LogP contribution is -2.38. The average molecular weight is 438 g/mol. The number of benzene rings is 4. The van der Waals surface area contributed by atoms with Gasteiger partial charge in [0.15, 0.2) is 0 Å². The van der Waals surface area contributed by atoms with Gasteiger partial charge in [0, 0.05) is 22.7 Å². The van der Waals surface area contributed by atoms with E-state index in [9.17, 15) is 20.0 Å². The van der Waals surface area contributed by atoms with E-state index in [0.717, 1.165) is 16.3 Å². The van der Waals surface area contributed by atoms with Crippen LogP contribution in [0.5, 0.6) is 5.75 Å². The van der Waals surface area contributed by atoms with E-state index < -0.39 is 22.3 Å². The Bertz CT molecular complexity index is 1430. The van der Waals surface area contributed by atoms with Gasteiger partial charge in [-0.2, -0.15) is 0 Å². The first kappa shape index (κ1) is 20.7. The zero-order chi connectivity index (χ0) is 23.3. The van der Waals surface area contributed by atoms with E-state index in [2.05, 4.69) is 0 Å². The van der Waals surface area contributed by atoms with Crippen molar-refractivity contribution in [2.24, 2.45) is 0 Å². The smallest absolute Gasteiger partial charge is 0.282 e. The minimum atomic E-state index is -0.576. The molecule has 0 saturated carbocycles. The molecule has 33 heavy (non-hydrogen) atoms. The van der Waals surface area contributed by atoms with Crippen molar-refractivity contribution in [2.75, 3.05) is 4.90 Å². The van der Waals surface area contributed by atoms with Crippen LogP contribution in [0.25, 0.3) is 10.8 Å². The Morgan fingerprint density at radius 2 is 1.61 bits per heavy atom. The van der Waals surface area contributed by atoms with Crippen molar-refractivity contribution in [1.82, 2.24) is 0 Å². The lowest BCUT2D eigenvalue weighted by Gasteiger charge is -2.35. The van der Waals surface area contributed by atoms with Crippen LogP contribution in [0.1, 0.15) is 41.4 Å². The van der Waals surface area contributed by atoms with Crippen LogP contribution in [-0.2, 0) is 5.41 Å². The Balaban J connectivity index is 1.81. The number of carbonyl (C=O) groups is 1. The summed E-state index contributed by atoms with van der Waals surface area (Å²) in [7, 11) is 0. The second-order valence-corrected chi connectivity index (χ2v) is 8.81. The van der Waals surface area contributed by atoms with Gasteiger partial charge in [0.05, 0.1) is 11.0 Å². The van der Waals surface area contributed by atoms with Gasteiger partial charge in [0.2, 0.25) is 0 Å². The third kappa shape index (κ3) is 3.06. The third-order valence-electron chi connectivity index (χ3n) is 6.57. The Labute approximate surface area is 190 Å². The predicted octanol–water partition coefficient (Wildman–Crippen LogP) is 6.13. The molecule has 4 aromatic carbocycles. The molecule has 1 aliphatic rings. The molecule has 5 rings (SSSR count). The van der Waals surface area contributed by atoms with Gasteiger partial charge >= 0.3 is 0 Å². The molecule has 0 radical (unpaired) electrons. The standard InChI is InChI=1S/C27H22N2O4/c1-27(2)20-12-6-8-14-22(20)28(26(31)19-11-5-7-13-21(19)29(32)33)25(27)24-18-10-4-3-9-17(18)15-16-23(24)30/h3-16,25,30H,1-2H3/t25-/m1/s1. The minimum absolute atomic E-state index is 0.0136. The summed E-state index contributed by atoms with van der Waals surface area (Å²) in [5.41, 5.74) is 1.45. The van der Waals surface area contributed by atoms with Crippen molar-refractivity contribution in [1.29, 1.82) is 0 Å². The number of fused-ring (bicyclic) bond motifs is 2. The molecule has 1 aliphatic heterocycles. The van der Waals surface area contributed by atoms with E-state index in [1.54, 1.807) is 23.1 Å². The van der Waals surface area contributed by atoms with Crippen LogP contribution in [0.4, 0.5) is 11.4 Å². The highest BCUT2D eigenvalue weighted by molar-refractivity contribution is 6.11. The molecule has 0 bridgehead atoms. The maximum absolute atomic E-state index is 14.0. The Morgan fingerprint density at radius 3 is 2.39 bits per heavy atom. The first-order valence-electron chi connectivity index (χ1n) is 10.7. The number of phenols is 1. The SMILES string of the molecule is CC1(C)c2ccccc2N(C(=O)c2ccccc2[N+](=O)[O-])[C@@H]1c1c(O)ccc2ccccc12. The fourth-order valence-electron chi connectivity index (χ4n) is 5.07. The summed E-state index contributed by atoms with van der Waals surface area (Å²) >= 11 is 0. The van der Waals surface area contributed by atoms with Crippen LogP contribution < -0.4 is 4.90 Å². The van der Waals surface area contributed by atoms with Crippen LogP contribution >= 0.6 is 0 Å². The van der Waals surface area contributed by atoms with Crippen molar-refractivity contribution >= 4 is 28.1 Å².